The van der Waals surface area contributed by atoms with Crippen LogP contribution in [0.3, 0.4) is 0 Å². The zero-order valence-electron chi connectivity index (χ0n) is 15.4. The molecule has 0 saturated carbocycles. The molecule has 3 heterocycles. The Kier molecular flexibility index (Phi) is 5.29. The van der Waals surface area contributed by atoms with Crippen LogP contribution in [0.15, 0.2) is 34.9 Å². The van der Waals surface area contributed by atoms with Gasteiger partial charge in [-0.05, 0) is 46.3 Å². The van der Waals surface area contributed by atoms with Crippen molar-refractivity contribution in [1.29, 1.82) is 0 Å². The number of ether oxygens (including phenoxy) is 1. The number of aromatic nitrogens is 2. The minimum absolute atomic E-state index is 0.0869. The maximum absolute atomic E-state index is 13.0. The van der Waals surface area contributed by atoms with E-state index in [0.717, 1.165) is 49.9 Å². The number of anilines is 1. The fourth-order valence-electron chi connectivity index (χ4n) is 3.91. The summed E-state index contributed by atoms with van der Waals surface area (Å²) in [5.74, 6) is 1.57. The normalized spacial score (nSPS) is 17.6. The summed E-state index contributed by atoms with van der Waals surface area (Å²) >= 11 is 3.38. The number of carbonyl (C=O) groups excluding carboxylic acids is 1. The van der Waals surface area contributed by atoms with Gasteiger partial charge in [0.25, 0.3) is 0 Å². The quantitative estimate of drug-likeness (QED) is 0.748. The number of rotatable bonds is 3. The van der Waals surface area contributed by atoms with Gasteiger partial charge in [-0.1, -0.05) is 24.3 Å². The molecular formula is C20H23BrN4O2. The zero-order chi connectivity index (χ0) is 18.8. The first-order valence-electron chi connectivity index (χ1n) is 9.32. The second-order valence-corrected chi connectivity index (χ2v) is 7.92. The van der Waals surface area contributed by atoms with Gasteiger partial charge in [-0.3, -0.25) is 4.79 Å². The Morgan fingerprint density at radius 1 is 1.19 bits per heavy atom. The predicted molar refractivity (Wildman–Crippen MR) is 107 cm³/mol. The Morgan fingerprint density at radius 3 is 2.67 bits per heavy atom. The molecule has 0 spiro atoms. The third-order valence-electron chi connectivity index (χ3n) is 5.46. The lowest BCUT2D eigenvalue weighted by molar-refractivity contribution is -0.137. The molecule has 1 amide bonds. The molecule has 0 unspecified atom stereocenters. The number of carbonyl (C=O) groups is 1. The molecule has 4 rings (SSSR count). The number of benzene rings is 1. The zero-order valence-corrected chi connectivity index (χ0v) is 17.0. The molecule has 2 aliphatic rings. The van der Waals surface area contributed by atoms with Crippen LogP contribution in [0.1, 0.15) is 24.0 Å². The average molecular weight is 431 g/mol. The van der Waals surface area contributed by atoms with Crippen LogP contribution in [0.4, 0.5) is 5.95 Å². The van der Waals surface area contributed by atoms with Gasteiger partial charge in [-0.25, -0.2) is 4.98 Å². The summed E-state index contributed by atoms with van der Waals surface area (Å²) in [6.45, 7) is 3.13. The van der Waals surface area contributed by atoms with Gasteiger partial charge in [-0.15, -0.1) is 0 Å². The van der Waals surface area contributed by atoms with Crippen LogP contribution < -0.4 is 9.64 Å². The molecule has 1 fully saturated rings. The van der Waals surface area contributed by atoms with Crippen molar-refractivity contribution < 1.29 is 9.53 Å². The number of nitrogens with zero attached hydrogens (tertiary/aromatic N) is 4. The number of hydrogen-bond donors (Lipinski definition) is 0. The van der Waals surface area contributed by atoms with Gasteiger partial charge in [0.15, 0.2) is 0 Å². The lowest BCUT2D eigenvalue weighted by Crippen LogP contribution is -2.44. The van der Waals surface area contributed by atoms with Crippen LogP contribution in [0.5, 0.6) is 5.88 Å². The van der Waals surface area contributed by atoms with Crippen molar-refractivity contribution in [2.45, 2.75) is 25.8 Å². The highest BCUT2D eigenvalue weighted by Gasteiger charge is 2.31. The van der Waals surface area contributed by atoms with Crippen molar-refractivity contribution in [2.75, 3.05) is 31.6 Å². The van der Waals surface area contributed by atoms with E-state index in [1.807, 2.05) is 4.90 Å². The van der Waals surface area contributed by atoms with Crippen LogP contribution in [-0.2, 0) is 17.8 Å². The Balaban J connectivity index is 1.37. The minimum atomic E-state index is 0.0869. The Labute approximate surface area is 167 Å². The third kappa shape index (κ3) is 3.78. The molecule has 27 heavy (non-hydrogen) atoms. The molecule has 0 bridgehead atoms. The molecule has 0 N–H and O–H groups in total. The molecule has 2 aromatic rings. The van der Waals surface area contributed by atoms with E-state index in [1.54, 1.807) is 13.3 Å². The van der Waals surface area contributed by atoms with Crippen molar-refractivity contribution >= 4 is 27.8 Å². The number of piperidine rings is 1. The summed E-state index contributed by atoms with van der Waals surface area (Å²) in [6.07, 6.45) is 4.33. The molecule has 1 aromatic heterocycles. The first-order valence-corrected chi connectivity index (χ1v) is 10.1. The topological polar surface area (TPSA) is 58.6 Å². The van der Waals surface area contributed by atoms with E-state index >= 15 is 0 Å². The highest BCUT2D eigenvalue weighted by atomic mass is 79.9. The van der Waals surface area contributed by atoms with Gasteiger partial charge in [0.2, 0.25) is 17.7 Å². The third-order valence-corrected chi connectivity index (χ3v) is 6.01. The smallest absolute Gasteiger partial charge is 0.232 e. The van der Waals surface area contributed by atoms with Crippen molar-refractivity contribution in [3.8, 4) is 5.88 Å². The van der Waals surface area contributed by atoms with Crippen LogP contribution in [0, 0.1) is 5.92 Å². The van der Waals surface area contributed by atoms with E-state index in [-0.39, 0.29) is 5.92 Å². The monoisotopic (exact) mass is 430 g/mol. The van der Waals surface area contributed by atoms with E-state index in [0.29, 0.717) is 17.7 Å². The SMILES string of the molecule is COc1nc(N2CCC(C(=O)N3CCc4ccccc4C3)CC2)ncc1Br. The number of amides is 1. The fourth-order valence-corrected chi connectivity index (χ4v) is 4.26. The molecule has 1 aromatic carbocycles. The number of halogens is 1. The lowest BCUT2D eigenvalue weighted by atomic mass is 9.93. The number of fused-ring (bicyclic) bond motifs is 1. The van der Waals surface area contributed by atoms with E-state index < -0.39 is 0 Å². The maximum Gasteiger partial charge on any atom is 0.232 e. The van der Waals surface area contributed by atoms with Gasteiger partial charge >= 0.3 is 0 Å². The van der Waals surface area contributed by atoms with E-state index in [4.69, 9.17) is 4.74 Å². The number of methoxy groups -OCH3 is 1. The van der Waals surface area contributed by atoms with Gasteiger partial charge in [0.05, 0.1) is 17.8 Å². The first-order chi connectivity index (χ1) is 13.2. The highest BCUT2D eigenvalue weighted by Crippen LogP contribution is 2.28. The molecule has 7 heteroatoms. The number of hydrogen-bond acceptors (Lipinski definition) is 5. The summed E-state index contributed by atoms with van der Waals surface area (Å²) in [7, 11) is 1.60. The molecule has 1 saturated heterocycles. The van der Waals surface area contributed by atoms with Gasteiger partial charge < -0.3 is 14.5 Å². The minimum Gasteiger partial charge on any atom is -0.480 e. The molecule has 2 aliphatic heterocycles. The van der Waals surface area contributed by atoms with Crippen LogP contribution in [-0.4, -0.2) is 47.5 Å². The molecule has 6 nitrogen and oxygen atoms in total. The van der Waals surface area contributed by atoms with E-state index in [9.17, 15) is 4.79 Å². The maximum atomic E-state index is 13.0. The highest BCUT2D eigenvalue weighted by molar-refractivity contribution is 9.10. The Morgan fingerprint density at radius 2 is 1.93 bits per heavy atom. The standard InChI is InChI=1S/C20H23BrN4O2/c1-27-18-17(21)12-22-20(23-18)24-9-7-15(8-10-24)19(26)25-11-6-14-4-2-3-5-16(14)13-25/h2-5,12,15H,6-11,13H2,1H3. The van der Waals surface area contributed by atoms with Crippen LogP contribution in [0.25, 0.3) is 0 Å². The summed E-state index contributed by atoms with van der Waals surface area (Å²) in [5.41, 5.74) is 2.66. The molecular weight excluding hydrogens is 408 g/mol. The van der Waals surface area contributed by atoms with Crippen molar-refractivity contribution in [1.82, 2.24) is 14.9 Å². The van der Waals surface area contributed by atoms with Crippen molar-refractivity contribution in [2.24, 2.45) is 5.92 Å². The summed E-state index contributed by atoms with van der Waals surface area (Å²) in [5, 5.41) is 0. The lowest BCUT2D eigenvalue weighted by Gasteiger charge is -2.36. The van der Waals surface area contributed by atoms with E-state index in [2.05, 4.69) is 55.1 Å². The summed E-state index contributed by atoms with van der Waals surface area (Å²) in [6, 6.07) is 8.43. The average Bonchev–Trinajstić information content (AvgIpc) is 2.73. The second-order valence-electron chi connectivity index (χ2n) is 7.07. The van der Waals surface area contributed by atoms with Gasteiger partial charge in [0, 0.05) is 32.1 Å². The Bertz CT molecular complexity index is 836. The first kappa shape index (κ1) is 18.2. The molecule has 142 valence electrons. The van der Waals surface area contributed by atoms with Crippen LogP contribution in [0.2, 0.25) is 0 Å². The second kappa shape index (κ2) is 7.84. The molecule has 0 aliphatic carbocycles. The van der Waals surface area contributed by atoms with Crippen molar-refractivity contribution in [3.63, 3.8) is 0 Å². The fraction of sp³-hybridized carbons (Fsp3) is 0.450. The summed E-state index contributed by atoms with van der Waals surface area (Å²) < 4.78 is 6.00. The molecule has 0 radical (unpaired) electrons. The van der Waals surface area contributed by atoms with Gasteiger partial charge in [-0.2, -0.15) is 4.98 Å². The Hall–Kier alpha value is -2.15. The van der Waals surface area contributed by atoms with E-state index in [1.165, 1.54) is 11.1 Å². The summed E-state index contributed by atoms with van der Waals surface area (Å²) in [4.78, 5) is 26.0. The van der Waals surface area contributed by atoms with Gasteiger partial charge in [0.1, 0.15) is 0 Å². The largest absolute Gasteiger partial charge is 0.480 e. The van der Waals surface area contributed by atoms with Crippen LogP contribution >= 0.6 is 15.9 Å². The van der Waals surface area contributed by atoms with Crippen molar-refractivity contribution in [3.05, 3.63) is 46.1 Å². The predicted octanol–water partition coefficient (Wildman–Crippen LogP) is 3.05. The molecule has 0 atom stereocenters.